The quantitative estimate of drug-likeness (QED) is 0.601. The van der Waals surface area contributed by atoms with Crippen LogP contribution in [0.3, 0.4) is 0 Å². The van der Waals surface area contributed by atoms with E-state index in [4.69, 9.17) is 9.15 Å². The maximum Gasteiger partial charge on any atom is 0.262 e. The predicted octanol–water partition coefficient (Wildman–Crippen LogP) is 2.57. The molecule has 3 aromatic rings. The lowest BCUT2D eigenvalue weighted by Crippen LogP contribution is -2.50. The Labute approximate surface area is 191 Å². The number of nitrogens with zero attached hydrogens (tertiary/aromatic N) is 3. The molecule has 2 aromatic heterocycles. The van der Waals surface area contributed by atoms with Gasteiger partial charge in [-0.3, -0.25) is 9.59 Å². The van der Waals surface area contributed by atoms with Crippen LogP contribution in [0.1, 0.15) is 22.6 Å². The Balaban J connectivity index is 1.60. The van der Waals surface area contributed by atoms with E-state index in [1.54, 1.807) is 30.3 Å². The number of furan rings is 1. The number of likely N-dealkylation sites (N-methyl/N-ethyl adjacent to an activating group) is 1. The minimum Gasteiger partial charge on any atom is -0.477 e. The van der Waals surface area contributed by atoms with E-state index in [0.29, 0.717) is 29.4 Å². The van der Waals surface area contributed by atoms with Crippen LogP contribution in [0.4, 0.5) is 11.5 Å². The zero-order chi connectivity index (χ0) is 23.5. The molecule has 1 aliphatic rings. The average molecular weight is 447 g/mol. The van der Waals surface area contributed by atoms with E-state index >= 15 is 0 Å². The highest BCUT2D eigenvalue weighted by atomic mass is 16.5. The zero-order valence-corrected chi connectivity index (χ0v) is 18.7. The highest BCUT2D eigenvalue weighted by Gasteiger charge is 2.31. The number of nitriles is 1. The van der Waals surface area contributed by atoms with Crippen molar-refractivity contribution in [3.8, 4) is 11.8 Å². The minimum atomic E-state index is -0.736. The third kappa shape index (κ3) is 4.28. The number of carbonyl (C=O) groups excluding carboxylic acids is 2. The van der Waals surface area contributed by atoms with E-state index in [2.05, 4.69) is 16.7 Å². The maximum absolute atomic E-state index is 13.1. The van der Waals surface area contributed by atoms with Crippen molar-refractivity contribution < 1.29 is 18.7 Å². The minimum absolute atomic E-state index is 0.0111. The monoisotopic (exact) mass is 447 g/mol. The lowest BCUT2D eigenvalue weighted by atomic mass is 10.1. The van der Waals surface area contributed by atoms with Crippen molar-refractivity contribution >= 4 is 23.3 Å². The van der Waals surface area contributed by atoms with Crippen molar-refractivity contribution in [2.75, 3.05) is 30.4 Å². The molecule has 170 valence electrons. The van der Waals surface area contributed by atoms with Crippen LogP contribution in [0.15, 0.2) is 47.1 Å². The molecule has 0 spiro atoms. The van der Waals surface area contributed by atoms with Crippen LogP contribution in [0.2, 0.25) is 0 Å². The molecule has 3 heterocycles. The molecule has 0 aliphatic carbocycles. The molecule has 0 saturated heterocycles. The predicted molar refractivity (Wildman–Crippen MR) is 122 cm³/mol. The van der Waals surface area contributed by atoms with Gasteiger partial charge in [-0.05, 0) is 43.7 Å². The normalized spacial score (nSPS) is 14.7. The molecule has 4 rings (SSSR count). The lowest BCUT2D eigenvalue weighted by Gasteiger charge is -2.35. The largest absolute Gasteiger partial charge is 0.477 e. The highest BCUT2D eigenvalue weighted by Crippen LogP contribution is 2.33. The Bertz CT molecular complexity index is 1220. The van der Waals surface area contributed by atoms with Gasteiger partial charge in [0.1, 0.15) is 23.4 Å². The number of aromatic nitrogens is 1. The second-order valence-corrected chi connectivity index (χ2v) is 7.83. The number of anilines is 2. The number of ether oxygens (including phenoxy) is 1. The van der Waals surface area contributed by atoms with Crippen LogP contribution in [0.5, 0.6) is 5.75 Å². The second kappa shape index (κ2) is 9.12. The molecule has 2 amide bonds. The third-order valence-corrected chi connectivity index (χ3v) is 5.83. The summed E-state index contributed by atoms with van der Waals surface area (Å²) in [6, 6.07) is 13.1. The van der Waals surface area contributed by atoms with Gasteiger partial charge in [-0.15, -0.1) is 0 Å². The summed E-state index contributed by atoms with van der Waals surface area (Å²) in [6.45, 7) is 4.36. The molecule has 0 fully saturated rings. The Hall–Kier alpha value is -4.19. The summed E-state index contributed by atoms with van der Waals surface area (Å²) in [5, 5.41) is 15.3. The summed E-state index contributed by atoms with van der Waals surface area (Å²) >= 11 is 0. The number of rotatable bonds is 6. The summed E-state index contributed by atoms with van der Waals surface area (Å²) in [5.41, 5.74) is 2.81. The smallest absolute Gasteiger partial charge is 0.262 e. The van der Waals surface area contributed by atoms with Crippen molar-refractivity contribution in [1.29, 1.82) is 5.26 Å². The van der Waals surface area contributed by atoms with Gasteiger partial charge < -0.3 is 29.3 Å². The van der Waals surface area contributed by atoms with Gasteiger partial charge in [0.15, 0.2) is 6.10 Å². The number of benzene rings is 1. The molecule has 1 unspecified atom stereocenters. The first-order valence-electron chi connectivity index (χ1n) is 10.6. The fourth-order valence-electron chi connectivity index (χ4n) is 3.99. The molecular formula is C24H25N5O4. The molecular weight excluding hydrogens is 422 g/mol. The number of hydrogen-bond acceptors (Lipinski definition) is 6. The molecule has 9 nitrogen and oxygen atoms in total. The van der Waals surface area contributed by atoms with Crippen molar-refractivity contribution in [2.45, 2.75) is 26.5 Å². The molecule has 0 bridgehead atoms. The molecule has 9 heteroatoms. The summed E-state index contributed by atoms with van der Waals surface area (Å²) in [4.78, 5) is 27.2. The van der Waals surface area contributed by atoms with Crippen molar-refractivity contribution in [3.05, 3.63) is 65.2 Å². The number of hydrogen-bond donors (Lipinski definition) is 2. The summed E-state index contributed by atoms with van der Waals surface area (Å²) in [7, 11) is 1.55. The van der Waals surface area contributed by atoms with Crippen LogP contribution >= 0.6 is 0 Å². The second-order valence-electron chi connectivity index (χ2n) is 7.83. The Kier molecular flexibility index (Phi) is 6.09. The Morgan fingerprint density at radius 1 is 1.21 bits per heavy atom. The third-order valence-electron chi connectivity index (χ3n) is 5.83. The number of carbonyl (C=O) groups is 2. The molecule has 2 N–H and O–H groups in total. The van der Waals surface area contributed by atoms with Crippen LogP contribution in [0.25, 0.3) is 0 Å². The molecule has 0 saturated carbocycles. The van der Waals surface area contributed by atoms with E-state index < -0.39 is 6.10 Å². The van der Waals surface area contributed by atoms with E-state index in [1.807, 2.05) is 42.7 Å². The van der Waals surface area contributed by atoms with Gasteiger partial charge in [0.2, 0.25) is 5.91 Å². The van der Waals surface area contributed by atoms with Gasteiger partial charge >= 0.3 is 0 Å². The van der Waals surface area contributed by atoms with Crippen LogP contribution < -0.4 is 20.3 Å². The summed E-state index contributed by atoms with van der Waals surface area (Å²) < 4.78 is 13.1. The standard InChI is InChI=1S/C24H25N5O4/c1-15-16(2)29(12-17-7-6-10-32-17)23(18(15)11-25)27-22(30)14-28-13-21(24(31)26-3)33-20-9-5-4-8-19(20)28/h4-10,21H,12-14H2,1-3H3,(H,26,31)(H,27,30). The Morgan fingerprint density at radius 3 is 2.70 bits per heavy atom. The molecule has 0 radical (unpaired) electrons. The first-order valence-corrected chi connectivity index (χ1v) is 10.6. The Morgan fingerprint density at radius 2 is 2.00 bits per heavy atom. The van der Waals surface area contributed by atoms with E-state index in [-0.39, 0.29) is 24.9 Å². The molecule has 1 aliphatic heterocycles. The number of amides is 2. The SMILES string of the molecule is CNC(=O)C1CN(CC(=O)Nc2c(C#N)c(C)c(C)n2Cc2ccco2)c2ccccc2O1. The maximum atomic E-state index is 13.1. The van der Waals surface area contributed by atoms with E-state index in [0.717, 1.165) is 16.9 Å². The summed E-state index contributed by atoms with van der Waals surface area (Å²) in [5.74, 6) is 1.11. The number of nitrogens with one attached hydrogen (secondary N) is 2. The first-order chi connectivity index (χ1) is 15.9. The molecule has 33 heavy (non-hydrogen) atoms. The van der Waals surface area contributed by atoms with E-state index in [9.17, 15) is 14.9 Å². The topological polar surface area (TPSA) is 113 Å². The van der Waals surface area contributed by atoms with Gasteiger partial charge in [0.25, 0.3) is 5.91 Å². The van der Waals surface area contributed by atoms with Gasteiger partial charge in [0.05, 0.1) is 37.1 Å². The van der Waals surface area contributed by atoms with Gasteiger partial charge in [-0.2, -0.15) is 5.26 Å². The van der Waals surface area contributed by atoms with Crippen LogP contribution in [-0.2, 0) is 16.1 Å². The molecule has 1 atom stereocenters. The molecule has 1 aromatic carbocycles. The first kappa shape index (κ1) is 22.0. The van der Waals surface area contributed by atoms with Crippen molar-refractivity contribution in [3.63, 3.8) is 0 Å². The van der Waals surface area contributed by atoms with Crippen molar-refractivity contribution in [2.24, 2.45) is 0 Å². The zero-order valence-electron chi connectivity index (χ0n) is 18.7. The van der Waals surface area contributed by atoms with Crippen LogP contribution in [-0.4, -0.2) is 42.6 Å². The summed E-state index contributed by atoms with van der Waals surface area (Å²) in [6.07, 6.45) is 0.850. The van der Waals surface area contributed by atoms with Crippen molar-refractivity contribution in [1.82, 2.24) is 9.88 Å². The van der Waals surface area contributed by atoms with E-state index in [1.165, 1.54) is 0 Å². The average Bonchev–Trinajstić information content (AvgIpc) is 3.41. The fourth-order valence-corrected chi connectivity index (χ4v) is 3.99. The van der Waals surface area contributed by atoms with Crippen LogP contribution in [0, 0.1) is 25.2 Å². The lowest BCUT2D eigenvalue weighted by molar-refractivity contribution is -0.127. The number of fused-ring (bicyclic) bond motifs is 1. The van der Waals surface area contributed by atoms with Gasteiger partial charge in [-0.25, -0.2) is 0 Å². The highest BCUT2D eigenvalue weighted by molar-refractivity contribution is 5.95. The fraction of sp³-hybridized carbons (Fsp3) is 0.292. The number of para-hydroxylation sites is 2. The van der Waals surface area contributed by atoms with Gasteiger partial charge in [0, 0.05) is 12.7 Å². The van der Waals surface area contributed by atoms with Gasteiger partial charge in [-0.1, -0.05) is 12.1 Å².